The van der Waals surface area contributed by atoms with E-state index < -0.39 is 5.82 Å². The van der Waals surface area contributed by atoms with E-state index in [4.69, 9.17) is 4.74 Å². The Labute approximate surface area is 106 Å². The Bertz CT molecular complexity index is 431. The first kappa shape index (κ1) is 12.8. The van der Waals surface area contributed by atoms with Crippen LogP contribution in [0.25, 0.3) is 0 Å². The van der Waals surface area contributed by atoms with Gasteiger partial charge in [-0.05, 0) is 31.5 Å². The molecule has 2 N–H and O–H groups in total. The fourth-order valence-corrected chi connectivity index (χ4v) is 2.06. The molecule has 1 aliphatic heterocycles. The smallest absolute Gasteiger partial charge is 0.228 e. The van der Waals surface area contributed by atoms with Crippen molar-refractivity contribution in [1.82, 2.24) is 5.32 Å². The lowest BCUT2D eigenvalue weighted by molar-refractivity contribution is -0.120. The van der Waals surface area contributed by atoms with Gasteiger partial charge in [0.05, 0.1) is 13.0 Å². The molecule has 1 aliphatic rings. The van der Waals surface area contributed by atoms with Crippen molar-refractivity contribution in [2.24, 2.45) is 5.92 Å². The van der Waals surface area contributed by atoms with Crippen LogP contribution in [0.4, 0.5) is 10.1 Å². The summed E-state index contributed by atoms with van der Waals surface area (Å²) in [5.41, 5.74) is 0.462. The molecule has 1 amide bonds. The Balaban J connectivity index is 2.00. The molecule has 5 heteroatoms. The fourth-order valence-electron chi connectivity index (χ4n) is 2.06. The van der Waals surface area contributed by atoms with Crippen LogP contribution in [0, 0.1) is 11.7 Å². The highest BCUT2D eigenvalue weighted by Gasteiger charge is 2.21. The number of ether oxygens (including phenoxy) is 1. The molecule has 2 rings (SSSR count). The summed E-state index contributed by atoms with van der Waals surface area (Å²) in [6, 6.07) is 4.41. The zero-order valence-electron chi connectivity index (χ0n) is 10.3. The van der Waals surface area contributed by atoms with Crippen LogP contribution in [0.15, 0.2) is 18.2 Å². The van der Waals surface area contributed by atoms with Crippen molar-refractivity contribution in [3.05, 3.63) is 24.0 Å². The third-order valence-corrected chi connectivity index (χ3v) is 3.09. The number of piperidine rings is 1. The molecule has 1 saturated heterocycles. The van der Waals surface area contributed by atoms with Gasteiger partial charge in [0, 0.05) is 18.3 Å². The summed E-state index contributed by atoms with van der Waals surface area (Å²) in [4.78, 5) is 11.9. The van der Waals surface area contributed by atoms with Gasteiger partial charge < -0.3 is 15.4 Å². The molecule has 0 radical (unpaired) electrons. The zero-order chi connectivity index (χ0) is 13.0. The average Bonchev–Trinajstić information content (AvgIpc) is 2.40. The van der Waals surface area contributed by atoms with Crippen LogP contribution in [0.1, 0.15) is 12.8 Å². The van der Waals surface area contributed by atoms with Crippen LogP contribution < -0.4 is 15.4 Å². The Kier molecular flexibility index (Phi) is 4.15. The monoisotopic (exact) mass is 252 g/mol. The van der Waals surface area contributed by atoms with Crippen LogP contribution in [0.3, 0.4) is 0 Å². The van der Waals surface area contributed by atoms with E-state index in [1.807, 2.05) is 0 Å². The minimum atomic E-state index is -0.475. The van der Waals surface area contributed by atoms with Gasteiger partial charge >= 0.3 is 0 Å². The maximum Gasteiger partial charge on any atom is 0.228 e. The summed E-state index contributed by atoms with van der Waals surface area (Å²) < 4.78 is 18.3. The van der Waals surface area contributed by atoms with Crippen molar-refractivity contribution in [2.45, 2.75) is 12.8 Å². The number of benzene rings is 1. The fraction of sp³-hybridized carbons (Fsp3) is 0.462. The predicted molar refractivity (Wildman–Crippen MR) is 67.2 cm³/mol. The minimum Gasteiger partial charge on any atom is -0.494 e. The molecule has 1 heterocycles. The Hall–Kier alpha value is -1.62. The van der Waals surface area contributed by atoms with Crippen LogP contribution in [0.5, 0.6) is 5.75 Å². The molecule has 1 fully saturated rings. The third-order valence-electron chi connectivity index (χ3n) is 3.09. The number of carbonyl (C=O) groups is 1. The average molecular weight is 252 g/mol. The molecule has 0 aromatic heterocycles. The number of amides is 1. The van der Waals surface area contributed by atoms with E-state index in [1.165, 1.54) is 19.2 Å². The van der Waals surface area contributed by atoms with Gasteiger partial charge in [0.2, 0.25) is 5.91 Å². The maximum atomic E-state index is 13.5. The van der Waals surface area contributed by atoms with E-state index in [1.54, 1.807) is 6.07 Å². The predicted octanol–water partition coefficient (Wildman–Crippen LogP) is 1.77. The van der Waals surface area contributed by atoms with E-state index in [0.29, 0.717) is 12.2 Å². The van der Waals surface area contributed by atoms with Gasteiger partial charge in [0.15, 0.2) is 11.6 Å². The highest BCUT2D eigenvalue weighted by molar-refractivity contribution is 5.92. The van der Waals surface area contributed by atoms with Crippen molar-refractivity contribution < 1.29 is 13.9 Å². The molecule has 1 atom stereocenters. The molecule has 18 heavy (non-hydrogen) atoms. The molecule has 0 bridgehead atoms. The van der Waals surface area contributed by atoms with Gasteiger partial charge in [0.1, 0.15) is 0 Å². The molecule has 0 spiro atoms. The molecule has 98 valence electrons. The number of carbonyl (C=O) groups excluding carboxylic acids is 1. The van der Waals surface area contributed by atoms with Crippen molar-refractivity contribution in [1.29, 1.82) is 0 Å². The van der Waals surface area contributed by atoms with Gasteiger partial charge in [0.25, 0.3) is 0 Å². The van der Waals surface area contributed by atoms with Gasteiger partial charge in [-0.3, -0.25) is 4.79 Å². The Morgan fingerprint density at radius 3 is 3.00 bits per heavy atom. The standard InChI is InChI=1S/C13H17FN2O2/c1-18-12-5-4-10(7-11(12)14)16-13(17)9-3-2-6-15-8-9/h4-5,7,9,15H,2-3,6,8H2,1H3,(H,16,17). The molecule has 0 saturated carbocycles. The number of halogens is 1. The van der Waals surface area contributed by atoms with Crippen molar-refractivity contribution >= 4 is 11.6 Å². The van der Waals surface area contributed by atoms with Gasteiger partial charge in [-0.1, -0.05) is 0 Å². The molecule has 4 nitrogen and oxygen atoms in total. The summed E-state index contributed by atoms with van der Waals surface area (Å²) in [7, 11) is 1.41. The SMILES string of the molecule is COc1ccc(NC(=O)C2CCCNC2)cc1F. The lowest BCUT2D eigenvalue weighted by atomic mass is 9.99. The van der Waals surface area contributed by atoms with Gasteiger partial charge in [-0.15, -0.1) is 0 Å². The van der Waals surface area contributed by atoms with Crippen molar-refractivity contribution in [3.63, 3.8) is 0 Å². The van der Waals surface area contributed by atoms with E-state index in [-0.39, 0.29) is 17.6 Å². The summed E-state index contributed by atoms with van der Waals surface area (Å²) in [6.45, 7) is 1.64. The van der Waals surface area contributed by atoms with E-state index in [0.717, 1.165) is 19.4 Å². The van der Waals surface area contributed by atoms with Crippen LogP contribution in [-0.4, -0.2) is 26.1 Å². The van der Waals surface area contributed by atoms with Crippen LogP contribution in [-0.2, 0) is 4.79 Å². The molecule has 1 aromatic rings. The van der Waals surface area contributed by atoms with Crippen LogP contribution in [0.2, 0.25) is 0 Å². The first-order valence-corrected chi connectivity index (χ1v) is 6.06. The van der Waals surface area contributed by atoms with Gasteiger partial charge in [-0.2, -0.15) is 0 Å². The Morgan fingerprint density at radius 1 is 1.56 bits per heavy atom. The molecule has 1 aromatic carbocycles. The Morgan fingerprint density at radius 2 is 2.39 bits per heavy atom. The number of hydrogen-bond acceptors (Lipinski definition) is 3. The number of nitrogens with one attached hydrogen (secondary N) is 2. The van der Waals surface area contributed by atoms with E-state index in [2.05, 4.69) is 10.6 Å². The second kappa shape index (κ2) is 5.82. The molecular formula is C13H17FN2O2. The van der Waals surface area contributed by atoms with Crippen molar-refractivity contribution in [2.75, 3.05) is 25.5 Å². The number of rotatable bonds is 3. The molecule has 0 aliphatic carbocycles. The largest absolute Gasteiger partial charge is 0.494 e. The van der Waals surface area contributed by atoms with Crippen molar-refractivity contribution in [3.8, 4) is 5.75 Å². The summed E-state index contributed by atoms with van der Waals surface area (Å²) in [5, 5.41) is 5.91. The third kappa shape index (κ3) is 2.98. The highest BCUT2D eigenvalue weighted by Crippen LogP contribution is 2.21. The minimum absolute atomic E-state index is 0.0380. The first-order chi connectivity index (χ1) is 8.70. The zero-order valence-corrected chi connectivity index (χ0v) is 10.3. The second-order valence-electron chi connectivity index (χ2n) is 4.38. The lowest BCUT2D eigenvalue weighted by Gasteiger charge is -2.21. The summed E-state index contributed by atoms with van der Waals surface area (Å²) in [5.74, 6) is -0.403. The quantitative estimate of drug-likeness (QED) is 0.862. The van der Waals surface area contributed by atoms with Gasteiger partial charge in [-0.25, -0.2) is 4.39 Å². The maximum absolute atomic E-state index is 13.5. The summed E-state index contributed by atoms with van der Waals surface area (Å²) in [6.07, 6.45) is 1.87. The number of hydrogen-bond donors (Lipinski definition) is 2. The normalized spacial score (nSPS) is 19.3. The number of anilines is 1. The number of methoxy groups -OCH3 is 1. The molecule has 1 unspecified atom stereocenters. The van der Waals surface area contributed by atoms with E-state index >= 15 is 0 Å². The molecular weight excluding hydrogens is 235 g/mol. The first-order valence-electron chi connectivity index (χ1n) is 6.06. The lowest BCUT2D eigenvalue weighted by Crippen LogP contribution is -2.37. The van der Waals surface area contributed by atoms with Crippen LogP contribution >= 0.6 is 0 Å². The second-order valence-corrected chi connectivity index (χ2v) is 4.38. The topological polar surface area (TPSA) is 50.4 Å². The van der Waals surface area contributed by atoms with E-state index in [9.17, 15) is 9.18 Å². The highest BCUT2D eigenvalue weighted by atomic mass is 19.1. The summed E-state index contributed by atoms with van der Waals surface area (Å²) >= 11 is 0.